The van der Waals surface area contributed by atoms with Crippen molar-refractivity contribution in [3.63, 3.8) is 0 Å². The number of hydrogen-bond donors (Lipinski definition) is 2. The Morgan fingerprint density at radius 2 is 1.72 bits per heavy atom. The average Bonchev–Trinajstić information content (AvgIpc) is 2.80. The molecule has 1 atom stereocenters. The first kappa shape index (κ1) is 22.8. The molecule has 0 amide bonds. The van der Waals surface area contributed by atoms with Gasteiger partial charge in [-0.25, -0.2) is 0 Å². The van der Waals surface area contributed by atoms with Crippen molar-refractivity contribution in [1.29, 1.82) is 0 Å². The van der Waals surface area contributed by atoms with Crippen molar-refractivity contribution in [2.24, 2.45) is 0 Å². The van der Waals surface area contributed by atoms with Gasteiger partial charge in [0.2, 0.25) is 0 Å². The maximum absolute atomic E-state index is 10.7. The molecule has 2 heterocycles. The molecular formula is C27H37NO4. The maximum atomic E-state index is 10.7. The van der Waals surface area contributed by atoms with Gasteiger partial charge in [0, 0.05) is 24.7 Å². The molecule has 5 nitrogen and oxygen atoms in total. The highest BCUT2D eigenvalue weighted by Crippen LogP contribution is 2.45. The van der Waals surface area contributed by atoms with Crippen molar-refractivity contribution in [2.75, 3.05) is 19.8 Å². The first-order chi connectivity index (χ1) is 15.6. The van der Waals surface area contributed by atoms with Gasteiger partial charge in [-0.1, -0.05) is 45.6 Å². The summed E-state index contributed by atoms with van der Waals surface area (Å²) in [5.74, 6) is 1.73. The second kappa shape index (κ2) is 10.5. The van der Waals surface area contributed by atoms with Gasteiger partial charge < -0.3 is 19.7 Å². The standard InChI is InChI=1S/C27H37NO4/c1-3-5-7-8-14-31-26-16-20-11-12-28-18-22-19(15-23(28)21(20)17-25(26)30)9-10-24(29)27(22)32-13-6-4-2/h9-10,16-17,23,29-30H,3-8,11-15,18H2,1-2H3/t23-/m0/s1. The number of nitrogens with zero attached hydrogens (tertiary/aromatic N) is 1. The fourth-order valence-electron chi connectivity index (χ4n) is 4.94. The Kier molecular flexibility index (Phi) is 7.46. The second-order valence-corrected chi connectivity index (χ2v) is 9.12. The van der Waals surface area contributed by atoms with E-state index in [0.29, 0.717) is 24.7 Å². The van der Waals surface area contributed by atoms with Crippen LogP contribution < -0.4 is 9.47 Å². The smallest absolute Gasteiger partial charge is 0.165 e. The van der Waals surface area contributed by atoms with Crippen molar-refractivity contribution in [2.45, 2.75) is 77.8 Å². The van der Waals surface area contributed by atoms with Crippen molar-refractivity contribution < 1.29 is 19.7 Å². The third-order valence-electron chi connectivity index (χ3n) is 6.80. The SMILES string of the molecule is CCCCCCOc1cc2c(cc1O)[C@@H]1Cc3ccc(O)c(OCCCC)c3CN1CC2. The summed E-state index contributed by atoms with van der Waals surface area (Å²) in [7, 11) is 0. The molecule has 0 saturated heterocycles. The lowest BCUT2D eigenvalue weighted by molar-refractivity contribution is 0.155. The van der Waals surface area contributed by atoms with Crippen LogP contribution in [0.25, 0.3) is 0 Å². The molecule has 4 rings (SSSR count). The van der Waals surface area contributed by atoms with Crippen molar-refractivity contribution >= 4 is 0 Å². The predicted octanol–water partition coefficient (Wildman–Crippen LogP) is 5.89. The topological polar surface area (TPSA) is 62.2 Å². The summed E-state index contributed by atoms with van der Waals surface area (Å²) < 4.78 is 11.9. The molecule has 0 fully saturated rings. The first-order valence-corrected chi connectivity index (χ1v) is 12.3. The lowest BCUT2D eigenvalue weighted by Gasteiger charge is -2.42. The van der Waals surface area contributed by atoms with Crippen LogP contribution in [0.5, 0.6) is 23.0 Å². The zero-order valence-electron chi connectivity index (χ0n) is 19.5. The molecule has 2 N–H and O–H groups in total. The molecule has 0 spiro atoms. The largest absolute Gasteiger partial charge is 0.504 e. The quantitative estimate of drug-likeness (QED) is 0.452. The van der Waals surface area contributed by atoms with Crippen molar-refractivity contribution in [3.05, 3.63) is 46.5 Å². The number of unbranched alkanes of at least 4 members (excludes halogenated alkanes) is 4. The Bertz CT molecular complexity index is 926. The van der Waals surface area contributed by atoms with E-state index in [1.165, 1.54) is 36.0 Å². The van der Waals surface area contributed by atoms with E-state index in [1.807, 2.05) is 18.2 Å². The molecule has 5 heteroatoms. The fourth-order valence-corrected chi connectivity index (χ4v) is 4.94. The normalized spacial score (nSPS) is 17.4. The van der Waals surface area contributed by atoms with Crippen molar-refractivity contribution in [3.8, 4) is 23.0 Å². The number of rotatable bonds is 10. The van der Waals surface area contributed by atoms with Crippen LogP contribution in [0.4, 0.5) is 0 Å². The molecule has 0 radical (unpaired) electrons. The highest BCUT2D eigenvalue weighted by atomic mass is 16.5. The van der Waals surface area contributed by atoms with Crippen LogP contribution in [0, 0.1) is 0 Å². The number of benzene rings is 2. The summed E-state index contributed by atoms with van der Waals surface area (Å²) in [6, 6.07) is 7.97. The maximum Gasteiger partial charge on any atom is 0.165 e. The Hall–Kier alpha value is -2.40. The van der Waals surface area contributed by atoms with Crippen LogP contribution in [0.15, 0.2) is 24.3 Å². The van der Waals surface area contributed by atoms with Gasteiger partial charge in [-0.15, -0.1) is 0 Å². The summed E-state index contributed by atoms with van der Waals surface area (Å²) in [6.45, 7) is 7.32. The summed E-state index contributed by atoms with van der Waals surface area (Å²) >= 11 is 0. The number of fused-ring (bicyclic) bond motifs is 4. The summed E-state index contributed by atoms with van der Waals surface area (Å²) in [4.78, 5) is 2.45. The highest BCUT2D eigenvalue weighted by molar-refractivity contribution is 5.54. The average molecular weight is 440 g/mol. The summed E-state index contributed by atoms with van der Waals surface area (Å²) in [5, 5.41) is 21.1. The Labute approximate surface area is 192 Å². The van der Waals surface area contributed by atoms with E-state index in [0.717, 1.165) is 50.8 Å². The van der Waals surface area contributed by atoms with Crippen LogP contribution in [-0.4, -0.2) is 34.9 Å². The minimum absolute atomic E-state index is 0.226. The van der Waals surface area contributed by atoms with Gasteiger partial charge in [0.15, 0.2) is 23.0 Å². The van der Waals surface area contributed by atoms with E-state index in [-0.39, 0.29) is 17.5 Å². The van der Waals surface area contributed by atoms with Gasteiger partial charge >= 0.3 is 0 Å². The molecule has 174 valence electrons. The number of phenols is 2. The van der Waals surface area contributed by atoms with Gasteiger partial charge in [0.25, 0.3) is 0 Å². The third kappa shape index (κ3) is 4.83. The van der Waals surface area contributed by atoms with Gasteiger partial charge in [-0.3, -0.25) is 4.90 Å². The van der Waals surface area contributed by atoms with Crippen LogP contribution in [0.3, 0.4) is 0 Å². The molecular weight excluding hydrogens is 402 g/mol. The van der Waals surface area contributed by atoms with Crippen LogP contribution in [0.1, 0.15) is 80.7 Å². The molecule has 2 aliphatic heterocycles. The van der Waals surface area contributed by atoms with Crippen molar-refractivity contribution in [1.82, 2.24) is 4.90 Å². The zero-order valence-corrected chi connectivity index (χ0v) is 19.5. The third-order valence-corrected chi connectivity index (χ3v) is 6.80. The highest BCUT2D eigenvalue weighted by Gasteiger charge is 2.34. The molecule has 0 unspecified atom stereocenters. The van der Waals surface area contributed by atoms with E-state index >= 15 is 0 Å². The fraction of sp³-hybridized carbons (Fsp3) is 0.556. The molecule has 2 aliphatic rings. The molecule has 0 saturated carbocycles. The lowest BCUT2D eigenvalue weighted by atomic mass is 9.83. The monoisotopic (exact) mass is 439 g/mol. The van der Waals surface area contributed by atoms with Gasteiger partial charge in [0.1, 0.15) is 0 Å². The number of phenolic OH excluding ortho intramolecular Hbond substituents is 2. The molecule has 2 aromatic rings. The Balaban J connectivity index is 1.52. The van der Waals surface area contributed by atoms with Gasteiger partial charge in [0.05, 0.1) is 13.2 Å². The number of hydrogen-bond acceptors (Lipinski definition) is 5. The van der Waals surface area contributed by atoms with Crippen LogP contribution in [-0.2, 0) is 19.4 Å². The van der Waals surface area contributed by atoms with E-state index in [4.69, 9.17) is 9.47 Å². The lowest BCUT2D eigenvalue weighted by Crippen LogP contribution is -2.39. The van der Waals surface area contributed by atoms with Crippen LogP contribution in [0.2, 0.25) is 0 Å². The van der Waals surface area contributed by atoms with E-state index in [2.05, 4.69) is 18.7 Å². The molecule has 2 aromatic carbocycles. The number of aromatic hydroxyl groups is 2. The molecule has 0 bridgehead atoms. The first-order valence-electron chi connectivity index (χ1n) is 12.3. The van der Waals surface area contributed by atoms with E-state index in [9.17, 15) is 10.2 Å². The summed E-state index contributed by atoms with van der Waals surface area (Å²) in [6.07, 6.45) is 8.44. The predicted molar refractivity (Wildman–Crippen MR) is 127 cm³/mol. The van der Waals surface area contributed by atoms with E-state index in [1.54, 1.807) is 6.07 Å². The molecule has 0 aromatic heterocycles. The van der Waals surface area contributed by atoms with Gasteiger partial charge in [-0.05, 0) is 60.6 Å². The zero-order chi connectivity index (χ0) is 22.5. The molecule has 0 aliphatic carbocycles. The Morgan fingerprint density at radius 1 is 0.906 bits per heavy atom. The minimum atomic E-state index is 0.226. The summed E-state index contributed by atoms with van der Waals surface area (Å²) in [5.41, 5.74) is 4.80. The van der Waals surface area contributed by atoms with Gasteiger partial charge in [-0.2, -0.15) is 0 Å². The number of ether oxygens (including phenoxy) is 2. The minimum Gasteiger partial charge on any atom is -0.504 e. The Morgan fingerprint density at radius 3 is 2.53 bits per heavy atom. The second-order valence-electron chi connectivity index (χ2n) is 9.12. The van der Waals surface area contributed by atoms with E-state index < -0.39 is 0 Å². The van der Waals surface area contributed by atoms with Crippen LogP contribution >= 0.6 is 0 Å². The molecule has 32 heavy (non-hydrogen) atoms.